The van der Waals surface area contributed by atoms with E-state index in [9.17, 15) is 9.59 Å². The molecule has 1 aliphatic carbocycles. The lowest BCUT2D eigenvalue weighted by molar-refractivity contribution is 0.0501. The van der Waals surface area contributed by atoms with Crippen LogP contribution in [0.5, 0.6) is 0 Å². The van der Waals surface area contributed by atoms with Crippen LogP contribution >= 0.6 is 0 Å². The molecule has 0 saturated heterocycles. The van der Waals surface area contributed by atoms with Crippen LogP contribution in [0.25, 0.3) is 0 Å². The molecule has 0 fully saturated rings. The summed E-state index contributed by atoms with van der Waals surface area (Å²) in [6.07, 6.45) is 2.42. The number of benzene rings is 2. The zero-order chi connectivity index (χ0) is 19.9. The highest BCUT2D eigenvalue weighted by Crippen LogP contribution is 2.33. The summed E-state index contributed by atoms with van der Waals surface area (Å²) in [6.45, 7) is 4.84. The van der Waals surface area contributed by atoms with E-state index in [2.05, 4.69) is 0 Å². The molecule has 0 saturated carbocycles. The van der Waals surface area contributed by atoms with Gasteiger partial charge >= 0.3 is 11.9 Å². The molecule has 2 aromatic carbocycles. The molecule has 0 aliphatic heterocycles. The van der Waals surface area contributed by atoms with Crippen molar-refractivity contribution in [1.82, 2.24) is 0 Å². The van der Waals surface area contributed by atoms with Crippen molar-refractivity contribution in [2.75, 3.05) is 13.2 Å². The van der Waals surface area contributed by atoms with E-state index in [1.165, 1.54) is 0 Å². The summed E-state index contributed by atoms with van der Waals surface area (Å²) < 4.78 is 16.4. The number of hydrogen-bond acceptors (Lipinski definition) is 5. The first-order valence-electron chi connectivity index (χ1n) is 9.79. The van der Waals surface area contributed by atoms with Crippen LogP contribution in [0.4, 0.5) is 0 Å². The summed E-state index contributed by atoms with van der Waals surface area (Å²) in [5, 5.41) is 0. The highest BCUT2D eigenvalue weighted by Gasteiger charge is 2.29. The molecule has 28 heavy (non-hydrogen) atoms. The summed E-state index contributed by atoms with van der Waals surface area (Å²) in [5.74, 6) is -0.699. The molecule has 148 valence electrons. The fourth-order valence-corrected chi connectivity index (χ4v) is 3.66. The van der Waals surface area contributed by atoms with Crippen LogP contribution in [-0.4, -0.2) is 25.2 Å². The van der Waals surface area contributed by atoms with Crippen LogP contribution in [0.15, 0.2) is 36.4 Å². The maximum Gasteiger partial charge on any atom is 0.338 e. The van der Waals surface area contributed by atoms with Gasteiger partial charge in [0.2, 0.25) is 0 Å². The van der Waals surface area contributed by atoms with Crippen molar-refractivity contribution in [2.24, 2.45) is 0 Å². The molecule has 0 N–H and O–H groups in total. The monoisotopic (exact) mass is 382 g/mol. The zero-order valence-corrected chi connectivity index (χ0v) is 16.5. The number of esters is 2. The van der Waals surface area contributed by atoms with E-state index < -0.39 is 0 Å². The van der Waals surface area contributed by atoms with Gasteiger partial charge in [0.1, 0.15) is 0 Å². The summed E-state index contributed by atoms with van der Waals surface area (Å²) in [6, 6.07) is 11.6. The molecule has 1 aliphatic rings. The lowest BCUT2D eigenvalue weighted by atomic mass is 9.93. The maximum absolute atomic E-state index is 12.7. The molecule has 0 atom stereocenters. The molecule has 0 unspecified atom stereocenters. The Morgan fingerprint density at radius 3 is 2.29 bits per heavy atom. The Bertz CT molecular complexity index is 842. The molecule has 0 amide bonds. The molecule has 3 rings (SSSR count). The normalized spacial score (nSPS) is 12.5. The van der Waals surface area contributed by atoms with Gasteiger partial charge in [0.15, 0.2) is 0 Å². The molecule has 0 bridgehead atoms. The fourth-order valence-electron chi connectivity index (χ4n) is 3.66. The SMILES string of the molecule is CCOC(=O)c1cc(COCc2ccccc2)c(C(=O)OCC)c2c1CCC2. The van der Waals surface area contributed by atoms with Crippen LogP contribution in [0.3, 0.4) is 0 Å². The molecule has 0 aromatic heterocycles. The Hall–Kier alpha value is -2.66. The first kappa shape index (κ1) is 20.1. The Morgan fingerprint density at radius 1 is 0.893 bits per heavy atom. The molecule has 2 aromatic rings. The second-order valence-corrected chi connectivity index (χ2v) is 6.69. The highest BCUT2D eigenvalue weighted by molar-refractivity contribution is 5.98. The van der Waals surface area contributed by atoms with Gasteiger partial charge in [-0.1, -0.05) is 30.3 Å². The molecule has 0 heterocycles. The molecule has 5 heteroatoms. The fraction of sp³-hybridized carbons (Fsp3) is 0.391. The Balaban J connectivity index is 1.93. The third-order valence-electron chi connectivity index (χ3n) is 4.83. The van der Waals surface area contributed by atoms with Gasteiger partial charge in [-0.2, -0.15) is 0 Å². The van der Waals surface area contributed by atoms with Crippen LogP contribution in [-0.2, 0) is 40.3 Å². The van der Waals surface area contributed by atoms with Crippen molar-refractivity contribution in [3.8, 4) is 0 Å². The third kappa shape index (κ3) is 4.42. The van der Waals surface area contributed by atoms with Crippen molar-refractivity contribution in [3.63, 3.8) is 0 Å². The van der Waals surface area contributed by atoms with E-state index in [0.717, 1.165) is 36.0 Å². The van der Waals surface area contributed by atoms with Gasteiger partial charge in [-0.15, -0.1) is 0 Å². The lowest BCUT2D eigenvalue weighted by Gasteiger charge is -2.17. The van der Waals surface area contributed by atoms with Crippen LogP contribution in [0.1, 0.15) is 63.2 Å². The smallest absolute Gasteiger partial charge is 0.338 e. The number of rotatable bonds is 8. The largest absolute Gasteiger partial charge is 0.462 e. The maximum atomic E-state index is 12.7. The van der Waals surface area contributed by atoms with E-state index >= 15 is 0 Å². The van der Waals surface area contributed by atoms with Crippen LogP contribution in [0.2, 0.25) is 0 Å². The second-order valence-electron chi connectivity index (χ2n) is 6.69. The average molecular weight is 382 g/mol. The minimum atomic E-state index is -0.352. The van der Waals surface area contributed by atoms with Gasteiger partial charge in [-0.3, -0.25) is 0 Å². The first-order chi connectivity index (χ1) is 13.7. The number of ether oxygens (including phenoxy) is 3. The van der Waals surface area contributed by atoms with Gasteiger partial charge in [0, 0.05) is 0 Å². The minimum absolute atomic E-state index is 0.225. The number of hydrogen-bond donors (Lipinski definition) is 0. The van der Waals surface area contributed by atoms with Gasteiger partial charge in [0.05, 0.1) is 37.6 Å². The second kappa shape index (κ2) is 9.51. The third-order valence-corrected chi connectivity index (χ3v) is 4.83. The number of carbonyl (C=O) groups excluding carboxylic acids is 2. The Morgan fingerprint density at radius 2 is 1.57 bits per heavy atom. The van der Waals surface area contributed by atoms with E-state index in [0.29, 0.717) is 36.5 Å². The van der Waals surface area contributed by atoms with E-state index in [4.69, 9.17) is 14.2 Å². The molecule has 5 nitrogen and oxygen atoms in total. The summed E-state index contributed by atoms with van der Waals surface area (Å²) in [5.41, 5.74) is 4.64. The quantitative estimate of drug-likeness (QED) is 0.639. The first-order valence-corrected chi connectivity index (χ1v) is 9.79. The van der Waals surface area contributed by atoms with E-state index in [-0.39, 0.29) is 18.5 Å². The zero-order valence-electron chi connectivity index (χ0n) is 16.5. The van der Waals surface area contributed by atoms with Crippen molar-refractivity contribution in [3.05, 3.63) is 69.8 Å². The summed E-state index contributed by atoms with van der Waals surface area (Å²) in [7, 11) is 0. The molecular formula is C23H26O5. The Labute approximate surface area is 165 Å². The van der Waals surface area contributed by atoms with Gasteiger partial charge in [-0.05, 0) is 61.4 Å². The molecular weight excluding hydrogens is 356 g/mol. The standard InChI is InChI=1S/C23H26O5/c1-3-27-22(24)20-13-17(15-26-14-16-9-6-5-7-10-16)21(23(25)28-4-2)19-12-8-11-18(19)20/h5-7,9-10,13H,3-4,8,11-12,14-15H2,1-2H3. The lowest BCUT2D eigenvalue weighted by Crippen LogP contribution is -2.16. The molecule has 0 radical (unpaired) electrons. The summed E-state index contributed by atoms with van der Waals surface area (Å²) in [4.78, 5) is 25.2. The highest BCUT2D eigenvalue weighted by atomic mass is 16.5. The predicted molar refractivity (Wildman–Crippen MR) is 105 cm³/mol. The van der Waals surface area contributed by atoms with Gasteiger partial charge in [0.25, 0.3) is 0 Å². The predicted octanol–water partition coefficient (Wildman–Crippen LogP) is 4.25. The molecule has 0 spiro atoms. The van der Waals surface area contributed by atoms with E-state index in [1.807, 2.05) is 30.3 Å². The van der Waals surface area contributed by atoms with Crippen molar-refractivity contribution in [2.45, 2.75) is 46.3 Å². The van der Waals surface area contributed by atoms with Crippen molar-refractivity contribution >= 4 is 11.9 Å². The van der Waals surface area contributed by atoms with Crippen LogP contribution < -0.4 is 0 Å². The number of fused-ring (bicyclic) bond motifs is 1. The van der Waals surface area contributed by atoms with Gasteiger partial charge < -0.3 is 14.2 Å². The van der Waals surface area contributed by atoms with Crippen molar-refractivity contribution < 1.29 is 23.8 Å². The average Bonchev–Trinajstić information content (AvgIpc) is 3.17. The van der Waals surface area contributed by atoms with Crippen molar-refractivity contribution in [1.29, 1.82) is 0 Å². The summed E-state index contributed by atoms with van der Waals surface area (Å²) >= 11 is 0. The van der Waals surface area contributed by atoms with E-state index in [1.54, 1.807) is 19.9 Å². The topological polar surface area (TPSA) is 61.8 Å². The minimum Gasteiger partial charge on any atom is -0.462 e. The van der Waals surface area contributed by atoms with Gasteiger partial charge in [-0.25, -0.2) is 9.59 Å². The number of carbonyl (C=O) groups is 2. The Kier molecular flexibility index (Phi) is 6.82. The van der Waals surface area contributed by atoms with Crippen LogP contribution in [0, 0.1) is 0 Å².